The molecule has 1 aromatic rings. The van der Waals surface area contributed by atoms with E-state index < -0.39 is 23.4 Å². The summed E-state index contributed by atoms with van der Waals surface area (Å²) in [6, 6.07) is 3.08. The Morgan fingerprint density at radius 2 is 2.14 bits per heavy atom. The summed E-state index contributed by atoms with van der Waals surface area (Å²) in [5.74, 6) is -2.08. The van der Waals surface area contributed by atoms with E-state index in [1.807, 2.05) is 13.8 Å². The lowest BCUT2D eigenvalue weighted by Crippen LogP contribution is -2.51. The monoisotopic (exact) mass is 296 g/mol. The zero-order valence-electron chi connectivity index (χ0n) is 11.9. The van der Waals surface area contributed by atoms with Crippen molar-refractivity contribution in [1.29, 1.82) is 0 Å². The highest BCUT2D eigenvalue weighted by Crippen LogP contribution is 2.22. The van der Waals surface area contributed by atoms with Gasteiger partial charge in [0.1, 0.15) is 5.82 Å². The second kappa shape index (κ2) is 5.69. The summed E-state index contributed by atoms with van der Waals surface area (Å²) in [4.78, 5) is 24.7. The third-order valence-corrected chi connectivity index (χ3v) is 3.19. The number of rotatable bonds is 2. The summed E-state index contributed by atoms with van der Waals surface area (Å²) in [6.45, 7) is 4.78. The number of halogens is 1. The number of hydrogen-bond donors (Lipinski definition) is 2. The minimum atomic E-state index is -1.30. The molecule has 0 atom stereocenters. The van der Waals surface area contributed by atoms with Crippen molar-refractivity contribution >= 4 is 17.7 Å². The molecule has 21 heavy (non-hydrogen) atoms. The van der Waals surface area contributed by atoms with Crippen LogP contribution in [0.2, 0.25) is 0 Å². The van der Waals surface area contributed by atoms with Crippen LogP contribution in [-0.2, 0) is 4.74 Å². The molecule has 114 valence electrons. The molecule has 0 saturated carbocycles. The first-order valence-corrected chi connectivity index (χ1v) is 6.52. The average Bonchev–Trinajstić information content (AvgIpc) is 2.39. The third kappa shape index (κ3) is 3.49. The van der Waals surface area contributed by atoms with E-state index >= 15 is 0 Å². The van der Waals surface area contributed by atoms with Gasteiger partial charge >= 0.3 is 12.0 Å². The molecule has 2 rings (SSSR count). The average molecular weight is 296 g/mol. The summed E-state index contributed by atoms with van der Waals surface area (Å²) in [7, 11) is 0. The van der Waals surface area contributed by atoms with E-state index in [-0.39, 0.29) is 11.3 Å². The summed E-state index contributed by atoms with van der Waals surface area (Å²) in [6.07, 6.45) is 0. The van der Waals surface area contributed by atoms with Gasteiger partial charge in [-0.05, 0) is 26.0 Å². The van der Waals surface area contributed by atoms with Crippen LogP contribution in [0.25, 0.3) is 0 Å². The smallest absolute Gasteiger partial charge is 0.337 e. The number of amides is 2. The fourth-order valence-corrected chi connectivity index (χ4v) is 2.21. The molecular formula is C14H17FN2O4. The molecule has 6 nitrogen and oxygen atoms in total. The molecule has 2 amide bonds. The Balaban J connectivity index is 2.18. The standard InChI is InChI=1S/C14H17FN2O4/c1-14(2)8-17(6-7-21-14)13(20)16-11-9(12(18)19)4-3-5-10(11)15/h3-5H,6-8H2,1-2H3,(H,16,20)(H,18,19). The number of urea groups is 1. The summed E-state index contributed by atoms with van der Waals surface area (Å²) >= 11 is 0. The van der Waals surface area contributed by atoms with Gasteiger partial charge in [-0.3, -0.25) is 0 Å². The van der Waals surface area contributed by atoms with Crippen molar-refractivity contribution in [3.05, 3.63) is 29.6 Å². The van der Waals surface area contributed by atoms with Gasteiger partial charge in [-0.2, -0.15) is 0 Å². The number of anilines is 1. The molecule has 0 unspecified atom stereocenters. The maximum atomic E-state index is 13.8. The first-order chi connectivity index (χ1) is 9.80. The number of carbonyl (C=O) groups is 2. The van der Waals surface area contributed by atoms with Gasteiger partial charge in [0.05, 0.1) is 30.0 Å². The van der Waals surface area contributed by atoms with Crippen molar-refractivity contribution in [3.8, 4) is 0 Å². The molecule has 7 heteroatoms. The number of hydrogen-bond acceptors (Lipinski definition) is 3. The Bertz CT molecular complexity index is 574. The number of carbonyl (C=O) groups excluding carboxylic acids is 1. The van der Waals surface area contributed by atoms with E-state index in [0.29, 0.717) is 19.7 Å². The van der Waals surface area contributed by atoms with Crippen LogP contribution in [0, 0.1) is 5.82 Å². The van der Waals surface area contributed by atoms with Gasteiger partial charge in [0.2, 0.25) is 0 Å². The van der Waals surface area contributed by atoms with E-state index in [0.717, 1.165) is 6.07 Å². The predicted molar refractivity (Wildman–Crippen MR) is 74.0 cm³/mol. The van der Waals surface area contributed by atoms with Gasteiger partial charge in [0, 0.05) is 6.54 Å². The molecule has 1 aliphatic rings. The quantitative estimate of drug-likeness (QED) is 0.876. The zero-order valence-corrected chi connectivity index (χ0v) is 11.9. The fraction of sp³-hybridized carbons (Fsp3) is 0.429. The molecule has 1 heterocycles. The maximum absolute atomic E-state index is 13.8. The lowest BCUT2D eigenvalue weighted by Gasteiger charge is -2.38. The van der Waals surface area contributed by atoms with Crippen LogP contribution >= 0.6 is 0 Å². The number of carboxylic acids is 1. The SMILES string of the molecule is CC1(C)CN(C(=O)Nc2c(F)cccc2C(=O)O)CCO1. The summed E-state index contributed by atoms with van der Waals surface area (Å²) in [5.41, 5.74) is -1.09. The van der Waals surface area contributed by atoms with Gasteiger partial charge in [-0.15, -0.1) is 0 Å². The van der Waals surface area contributed by atoms with E-state index in [4.69, 9.17) is 9.84 Å². The number of nitrogens with zero attached hydrogens (tertiary/aromatic N) is 1. The number of carboxylic acid groups (broad SMARTS) is 1. The number of aromatic carboxylic acids is 1. The molecule has 1 fully saturated rings. The fourth-order valence-electron chi connectivity index (χ4n) is 2.21. The number of nitrogens with one attached hydrogen (secondary N) is 1. The van der Waals surface area contributed by atoms with E-state index in [2.05, 4.69) is 5.32 Å². The first-order valence-electron chi connectivity index (χ1n) is 6.52. The number of ether oxygens (including phenoxy) is 1. The molecule has 1 aromatic carbocycles. The Labute approximate surface area is 121 Å². The van der Waals surface area contributed by atoms with Crippen LogP contribution in [-0.4, -0.2) is 47.3 Å². The highest BCUT2D eigenvalue weighted by atomic mass is 19.1. The number of benzene rings is 1. The van der Waals surface area contributed by atoms with Crippen molar-refractivity contribution in [3.63, 3.8) is 0 Å². The molecule has 0 radical (unpaired) electrons. The van der Waals surface area contributed by atoms with Gasteiger partial charge < -0.3 is 20.1 Å². The maximum Gasteiger partial charge on any atom is 0.337 e. The van der Waals surface area contributed by atoms with Crippen molar-refractivity contribution in [2.75, 3.05) is 25.0 Å². The Hall–Kier alpha value is -2.15. The molecule has 2 N–H and O–H groups in total. The molecule has 0 bridgehead atoms. The van der Waals surface area contributed by atoms with Crippen LogP contribution in [0.1, 0.15) is 24.2 Å². The van der Waals surface area contributed by atoms with Crippen LogP contribution in [0.3, 0.4) is 0 Å². The second-order valence-corrected chi connectivity index (χ2v) is 5.43. The van der Waals surface area contributed by atoms with E-state index in [9.17, 15) is 14.0 Å². The van der Waals surface area contributed by atoms with Crippen LogP contribution in [0.15, 0.2) is 18.2 Å². The normalized spacial score (nSPS) is 17.4. The van der Waals surface area contributed by atoms with E-state index in [1.165, 1.54) is 17.0 Å². The predicted octanol–water partition coefficient (Wildman–Crippen LogP) is 2.17. The van der Waals surface area contributed by atoms with Gasteiger partial charge in [-0.25, -0.2) is 14.0 Å². The summed E-state index contributed by atoms with van der Waals surface area (Å²) < 4.78 is 19.3. The Morgan fingerprint density at radius 1 is 1.43 bits per heavy atom. The third-order valence-electron chi connectivity index (χ3n) is 3.19. The zero-order chi connectivity index (χ0) is 15.6. The molecule has 1 aliphatic heterocycles. The minimum absolute atomic E-state index is 0.282. The van der Waals surface area contributed by atoms with Crippen molar-refractivity contribution in [2.24, 2.45) is 0 Å². The highest BCUT2D eigenvalue weighted by molar-refractivity contribution is 6.00. The molecule has 0 aliphatic carbocycles. The lowest BCUT2D eigenvalue weighted by atomic mass is 10.1. The Morgan fingerprint density at radius 3 is 2.76 bits per heavy atom. The van der Waals surface area contributed by atoms with Gasteiger partial charge in [0.25, 0.3) is 0 Å². The molecule has 1 saturated heterocycles. The van der Waals surface area contributed by atoms with Gasteiger partial charge in [0.15, 0.2) is 0 Å². The van der Waals surface area contributed by atoms with Crippen LogP contribution in [0.5, 0.6) is 0 Å². The number of morpholine rings is 1. The first kappa shape index (κ1) is 15.2. The number of para-hydroxylation sites is 1. The minimum Gasteiger partial charge on any atom is -0.478 e. The highest BCUT2D eigenvalue weighted by Gasteiger charge is 2.30. The molecule has 0 aromatic heterocycles. The van der Waals surface area contributed by atoms with Crippen molar-refractivity contribution in [2.45, 2.75) is 19.4 Å². The topological polar surface area (TPSA) is 78.9 Å². The molecular weight excluding hydrogens is 279 g/mol. The van der Waals surface area contributed by atoms with Crippen LogP contribution < -0.4 is 5.32 Å². The van der Waals surface area contributed by atoms with Crippen LogP contribution in [0.4, 0.5) is 14.9 Å². The lowest BCUT2D eigenvalue weighted by molar-refractivity contribution is -0.0720. The largest absolute Gasteiger partial charge is 0.478 e. The van der Waals surface area contributed by atoms with E-state index in [1.54, 1.807) is 0 Å². The Kier molecular flexibility index (Phi) is 4.13. The molecule has 0 spiro atoms. The van der Waals surface area contributed by atoms with Crippen molar-refractivity contribution in [1.82, 2.24) is 4.90 Å². The second-order valence-electron chi connectivity index (χ2n) is 5.43. The van der Waals surface area contributed by atoms with Crippen molar-refractivity contribution < 1.29 is 23.8 Å². The van der Waals surface area contributed by atoms with Gasteiger partial charge in [-0.1, -0.05) is 6.07 Å². The summed E-state index contributed by atoms with van der Waals surface area (Å²) in [5, 5.41) is 11.4.